The maximum Gasteiger partial charge on any atom is 0.328 e. The minimum absolute atomic E-state index is 0.0111. The molecule has 0 bridgehead atoms. The number of unbranched alkanes of at least 4 members (excludes halogenated alkanes) is 1. The molecule has 1 fully saturated rings. The molecule has 0 spiro atoms. The number of nitrogens with zero attached hydrogens (tertiary/aromatic N) is 1. The molecule has 0 radical (unpaired) electrons. The lowest BCUT2D eigenvalue weighted by molar-refractivity contribution is -0.145. The molecule has 8 heteroatoms. The lowest BCUT2D eigenvalue weighted by Crippen LogP contribution is -2.40. The van der Waals surface area contributed by atoms with Crippen molar-refractivity contribution in [3.8, 4) is 0 Å². The number of hydrogen-bond donors (Lipinski definition) is 1. The molecule has 7 nitrogen and oxygen atoms in total. The molecule has 132 valence electrons. The lowest BCUT2D eigenvalue weighted by atomic mass is 10.1. The largest absolute Gasteiger partial charge is 0.472 e. The number of rotatable bonds is 8. The summed E-state index contributed by atoms with van der Waals surface area (Å²) >= 11 is 1.58. The molecular formula is C16H22N2O5S. The van der Waals surface area contributed by atoms with Crippen LogP contribution in [0.4, 0.5) is 0 Å². The Kier molecular flexibility index (Phi) is 6.72. The van der Waals surface area contributed by atoms with E-state index in [4.69, 9.17) is 9.15 Å². The number of methoxy groups -OCH3 is 1. The fourth-order valence-electron chi connectivity index (χ4n) is 2.65. The summed E-state index contributed by atoms with van der Waals surface area (Å²) in [6.45, 7) is 1.97. The molecule has 0 saturated carbocycles. The van der Waals surface area contributed by atoms with Crippen molar-refractivity contribution in [3.05, 3.63) is 24.2 Å². The zero-order chi connectivity index (χ0) is 17.5. The highest BCUT2D eigenvalue weighted by Crippen LogP contribution is 2.38. The van der Waals surface area contributed by atoms with Gasteiger partial charge in [0.2, 0.25) is 11.8 Å². The molecule has 2 rings (SSSR count). The summed E-state index contributed by atoms with van der Waals surface area (Å²) in [5.41, 5.74) is 0.983. The highest BCUT2D eigenvalue weighted by Gasteiger charge is 2.33. The van der Waals surface area contributed by atoms with Gasteiger partial charge in [0.05, 0.1) is 25.4 Å². The third-order valence-electron chi connectivity index (χ3n) is 3.80. The van der Waals surface area contributed by atoms with Crippen molar-refractivity contribution in [1.29, 1.82) is 0 Å². The first kappa shape index (κ1) is 18.4. The second-order valence-electron chi connectivity index (χ2n) is 5.58. The van der Waals surface area contributed by atoms with Crippen molar-refractivity contribution in [3.63, 3.8) is 0 Å². The summed E-state index contributed by atoms with van der Waals surface area (Å²) in [4.78, 5) is 36.7. The second kappa shape index (κ2) is 8.77. The Labute approximate surface area is 145 Å². The summed E-state index contributed by atoms with van der Waals surface area (Å²) < 4.78 is 9.80. The summed E-state index contributed by atoms with van der Waals surface area (Å²) in [5, 5.41) is 2.58. The van der Waals surface area contributed by atoms with Gasteiger partial charge >= 0.3 is 5.97 Å². The van der Waals surface area contributed by atoms with Gasteiger partial charge in [-0.05, 0) is 25.3 Å². The van der Waals surface area contributed by atoms with Crippen LogP contribution in [-0.2, 0) is 19.1 Å². The molecule has 2 atom stereocenters. The number of carbonyl (C=O) groups is 3. The molecule has 1 saturated heterocycles. The molecule has 24 heavy (non-hydrogen) atoms. The molecule has 0 aromatic carbocycles. The molecule has 1 N–H and O–H groups in total. The van der Waals surface area contributed by atoms with Gasteiger partial charge in [0.15, 0.2) is 0 Å². The Morgan fingerprint density at radius 3 is 2.92 bits per heavy atom. The highest BCUT2D eigenvalue weighted by atomic mass is 32.2. The number of hydrogen-bond acceptors (Lipinski definition) is 6. The van der Waals surface area contributed by atoms with Crippen LogP contribution >= 0.6 is 11.8 Å². The van der Waals surface area contributed by atoms with Gasteiger partial charge in [-0.1, -0.05) is 0 Å². The van der Waals surface area contributed by atoms with E-state index >= 15 is 0 Å². The van der Waals surface area contributed by atoms with Gasteiger partial charge in [0.1, 0.15) is 11.4 Å². The number of thioether (sulfide) groups is 1. The predicted molar refractivity (Wildman–Crippen MR) is 89.1 cm³/mol. The number of ether oxygens (including phenoxy) is 1. The molecule has 2 heterocycles. The van der Waals surface area contributed by atoms with E-state index in [1.54, 1.807) is 24.3 Å². The third-order valence-corrected chi connectivity index (χ3v) is 5.06. The predicted octanol–water partition coefficient (Wildman–Crippen LogP) is 1.70. The van der Waals surface area contributed by atoms with Crippen LogP contribution in [-0.4, -0.2) is 48.1 Å². The van der Waals surface area contributed by atoms with E-state index in [0.717, 1.165) is 12.0 Å². The van der Waals surface area contributed by atoms with Gasteiger partial charge in [-0.3, -0.25) is 9.59 Å². The van der Waals surface area contributed by atoms with Crippen molar-refractivity contribution >= 4 is 29.5 Å². The first-order valence-electron chi connectivity index (χ1n) is 7.81. The van der Waals surface area contributed by atoms with E-state index in [0.29, 0.717) is 25.1 Å². The number of carbonyl (C=O) groups excluding carboxylic acids is 3. The van der Waals surface area contributed by atoms with Gasteiger partial charge in [0, 0.05) is 19.0 Å². The molecule has 0 aliphatic carbocycles. The van der Waals surface area contributed by atoms with E-state index in [2.05, 4.69) is 5.32 Å². The minimum atomic E-state index is -0.638. The monoisotopic (exact) mass is 354 g/mol. The SMILES string of the molecule is COC(=O)C(CCCCN1C(=O)CSC1c1ccoc1)NC(C)=O. The van der Waals surface area contributed by atoms with Gasteiger partial charge in [-0.25, -0.2) is 4.79 Å². The van der Waals surface area contributed by atoms with E-state index in [-0.39, 0.29) is 17.2 Å². The van der Waals surface area contributed by atoms with Crippen molar-refractivity contribution in [2.24, 2.45) is 0 Å². The average molecular weight is 354 g/mol. The average Bonchev–Trinajstić information content (AvgIpc) is 3.19. The van der Waals surface area contributed by atoms with E-state index < -0.39 is 12.0 Å². The summed E-state index contributed by atoms with van der Waals surface area (Å²) in [7, 11) is 1.30. The summed E-state index contributed by atoms with van der Waals surface area (Å²) in [6, 6.07) is 1.23. The van der Waals surface area contributed by atoms with Crippen LogP contribution < -0.4 is 5.32 Å². The van der Waals surface area contributed by atoms with Gasteiger partial charge in [-0.15, -0.1) is 11.8 Å². The molecular weight excluding hydrogens is 332 g/mol. The normalized spacial score (nSPS) is 18.5. The summed E-state index contributed by atoms with van der Waals surface area (Å²) in [6.07, 6.45) is 5.19. The molecule has 1 aliphatic heterocycles. The molecule has 1 aliphatic rings. The Morgan fingerprint density at radius 2 is 2.29 bits per heavy atom. The number of esters is 1. The zero-order valence-corrected chi connectivity index (χ0v) is 14.6. The Balaban J connectivity index is 1.82. The fraction of sp³-hybridized carbons (Fsp3) is 0.562. The third kappa shape index (κ3) is 4.77. The first-order chi connectivity index (χ1) is 11.5. The van der Waals surface area contributed by atoms with Crippen molar-refractivity contribution in [2.75, 3.05) is 19.4 Å². The molecule has 2 unspecified atom stereocenters. The van der Waals surface area contributed by atoms with Gasteiger partial charge in [-0.2, -0.15) is 0 Å². The maximum atomic E-state index is 12.1. The number of amides is 2. The highest BCUT2D eigenvalue weighted by molar-refractivity contribution is 8.00. The van der Waals surface area contributed by atoms with Gasteiger partial charge in [0.25, 0.3) is 0 Å². The first-order valence-corrected chi connectivity index (χ1v) is 8.86. The van der Waals surface area contributed by atoms with E-state index in [1.807, 2.05) is 11.0 Å². The topological polar surface area (TPSA) is 88.8 Å². The zero-order valence-electron chi connectivity index (χ0n) is 13.8. The van der Waals surface area contributed by atoms with Crippen LogP contribution in [0.5, 0.6) is 0 Å². The summed E-state index contributed by atoms with van der Waals surface area (Å²) in [5.74, 6) is -0.143. The van der Waals surface area contributed by atoms with Crippen LogP contribution in [0.2, 0.25) is 0 Å². The Bertz CT molecular complexity index is 575. The maximum absolute atomic E-state index is 12.1. The van der Waals surface area contributed by atoms with Crippen LogP contribution in [0.3, 0.4) is 0 Å². The van der Waals surface area contributed by atoms with Crippen molar-refractivity contribution in [1.82, 2.24) is 10.2 Å². The Hall–Kier alpha value is -1.96. The molecule has 1 aromatic rings. The number of nitrogens with one attached hydrogen (secondary N) is 1. The minimum Gasteiger partial charge on any atom is -0.472 e. The standard InChI is InChI=1S/C16H22N2O5S/c1-11(19)17-13(16(21)22-2)5-3-4-7-18-14(20)10-24-15(18)12-6-8-23-9-12/h6,8-9,13,15H,3-5,7,10H2,1-2H3,(H,17,19). The van der Waals surface area contributed by atoms with Gasteiger partial charge < -0.3 is 19.4 Å². The Morgan fingerprint density at radius 1 is 1.50 bits per heavy atom. The fourth-order valence-corrected chi connectivity index (χ4v) is 3.85. The van der Waals surface area contributed by atoms with Crippen molar-refractivity contribution < 1.29 is 23.5 Å². The van der Waals surface area contributed by atoms with E-state index in [9.17, 15) is 14.4 Å². The lowest BCUT2D eigenvalue weighted by Gasteiger charge is -2.23. The van der Waals surface area contributed by atoms with Crippen LogP contribution in [0, 0.1) is 0 Å². The van der Waals surface area contributed by atoms with Crippen LogP contribution in [0.25, 0.3) is 0 Å². The molecule has 2 amide bonds. The van der Waals surface area contributed by atoms with Crippen LogP contribution in [0.15, 0.2) is 23.0 Å². The second-order valence-corrected chi connectivity index (χ2v) is 6.65. The van der Waals surface area contributed by atoms with Crippen LogP contribution in [0.1, 0.15) is 37.1 Å². The molecule has 1 aromatic heterocycles. The van der Waals surface area contributed by atoms with E-state index in [1.165, 1.54) is 14.0 Å². The van der Waals surface area contributed by atoms with Crippen molar-refractivity contribution in [2.45, 2.75) is 37.6 Å². The number of furan rings is 1. The quantitative estimate of drug-likeness (QED) is 0.565. The smallest absolute Gasteiger partial charge is 0.328 e.